The molecule has 0 bridgehead atoms. The summed E-state index contributed by atoms with van der Waals surface area (Å²) in [6.07, 6.45) is 5.69. The Kier molecular flexibility index (Phi) is 13.5. The molecule has 2 heterocycles. The molecular formula is C41H66N6O4. The van der Waals surface area contributed by atoms with Gasteiger partial charge in [0.2, 0.25) is 5.91 Å². The zero-order chi connectivity index (χ0) is 36.9. The summed E-state index contributed by atoms with van der Waals surface area (Å²) < 4.78 is 6.14. The molecule has 10 heteroatoms. The largest absolute Gasteiger partial charge is 0.496 e. The molecule has 51 heavy (non-hydrogen) atoms. The summed E-state index contributed by atoms with van der Waals surface area (Å²) in [6, 6.07) is 12.8. The van der Waals surface area contributed by atoms with Crippen molar-refractivity contribution < 1.29 is 19.5 Å². The van der Waals surface area contributed by atoms with Crippen molar-refractivity contribution in [1.29, 1.82) is 0 Å². The predicted molar refractivity (Wildman–Crippen MR) is 206 cm³/mol. The van der Waals surface area contributed by atoms with Crippen molar-refractivity contribution >= 4 is 11.6 Å². The van der Waals surface area contributed by atoms with Gasteiger partial charge in [0.1, 0.15) is 11.8 Å². The Bertz CT molecular complexity index is 1440. The predicted octanol–water partition coefficient (Wildman–Crippen LogP) is 5.07. The van der Waals surface area contributed by atoms with Crippen molar-refractivity contribution in [1.82, 2.24) is 21.0 Å². The number of hydroxylamine groups is 2. The van der Waals surface area contributed by atoms with E-state index in [9.17, 15) is 9.90 Å². The van der Waals surface area contributed by atoms with Gasteiger partial charge in [0.15, 0.2) is 0 Å². The lowest BCUT2D eigenvalue weighted by Crippen LogP contribution is -2.55. The quantitative estimate of drug-likeness (QED) is 0.172. The molecule has 1 saturated carbocycles. The number of carbonyl (C=O) groups excluding carboxylic acids is 1. The zero-order valence-corrected chi connectivity index (χ0v) is 32.5. The summed E-state index contributed by atoms with van der Waals surface area (Å²) in [5.74, 6) is 0.932. The number of ether oxygens (including phenoxy) is 1. The van der Waals surface area contributed by atoms with E-state index in [2.05, 4.69) is 86.9 Å². The first-order chi connectivity index (χ1) is 24.3. The van der Waals surface area contributed by atoms with Crippen molar-refractivity contribution in [3.63, 3.8) is 0 Å². The molecule has 284 valence electrons. The van der Waals surface area contributed by atoms with Crippen LogP contribution >= 0.6 is 0 Å². The molecule has 10 nitrogen and oxygen atoms in total. The zero-order valence-electron chi connectivity index (χ0n) is 32.5. The lowest BCUT2D eigenvalue weighted by atomic mass is 9.63. The summed E-state index contributed by atoms with van der Waals surface area (Å²) in [5, 5.41) is 23.4. The van der Waals surface area contributed by atoms with E-state index in [1.165, 1.54) is 24.8 Å². The summed E-state index contributed by atoms with van der Waals surface area (Å²) in [5.41, 5.74) is 11.7. The number of nitrogens with one attached hydrogen (secondary N) is 3. The summed E-state index contributed by atoms with van der Waals surface area (Å²) in [7, 11) is 5.83. The van der Waals surface area contributed by atoms with Crippen LogP contribution in [0.25, 0.3) is 11.1 Å². The van der Waals surface area contributed by atoms with Gasteiger partial charge >= 0.3 is 0 Å². The fourth-order valence-electron chi connectivity index (χ4n) is 8.69. The second-order valence-corrected chi connectivity index (χ2v) is 16.4. The molecule has 2 aromatic carbocycles. The minimum Gasteiger partial charge on any atom is -0.496 e. The third kappa shape index (κ3) is 9.26. The number of nitrogens with two attached hydrogens (primary N) is 1. The van der Waals surface area contributed by atoms with Crippen molar-refractivity contribution in [2.24, 2.45) is 28.9 Å². The van der Waals surface area contributed by atoms with E-state index < -0.39 is 24.2 Å². The van der Waals surface area contributed by atoms with Crippen LogP contribution in [-0.4, -0.2) is 87.2 Å². The molecule has 1 amide bonds. The molecule has 3 aliphatic rings. The SMILES string of the molecule is COc1c(CN2O[C@@H](CN)[C@@H]([C@H](C)O)[C@H]2C(=O)N[C@H]2CCC(C)(C)[C@@H](C)[C@@H]2C)cccc1-c1cc(CNCCC2CCCCN2)cc(N(C)C)c1. The van der Waals surface area contributed by atoms with Gasteiger partial charge in [-0.05, 0) is 98.7 Å². The van der Waals surface area contributed by atoms with E-state index in [1.807, 2.05) is 12.1 Å². The highest BCUT2D eigenvalue weighted by atomic mass is 16.7. The standard InChI is InChI=1S/C41H66N6O4/c1-26-27(2)41(4,5)17-15-35(26)45-40(49)38-37(28(3)48)36(23-42)51-47(38)25-30-12-11-14-34(39(30)50-8)31-20-29(21-33(22-31)46(6)7)24-43-19-16-32-13-9-10-18-44-32/h11-12,14,20-22,26-28,32,35-38,43-44,48H,9-10,13,15-19,23-25,42H2,1-8H3,(H,45,49)/t26-,27-,28-,32?,35-,36-,37+,38-/m0/s1. The first-order valence-electron chi connectivity index (χ1n) is 19.4. The molecule has 2 aromatic rings. The number of carbonyl (C=O) groups is 1. The van der Waals surface area contributed by atoms with Crippen molar-refractivity contribution in [2.45, 2.75) is 117 Å². The fraction of sp³-hybridized carbons (Fsp3) is 0.683. The van der Waals surface area contributed by atoms with Crippen LogP contribution < -0.4 is 31.3 Å². The molecular weight excluding hydrogens is 640 g/mol. The smallest absolute Gasteiger partial charge is 0.240 e. The molecule has 2 aliphatic heterocycles. The lowest BCUT2D eigenvalue weighted by Gasteiger charge is -2.46. The third-order valence-electron chi connectivity index (χ3n) is 12.4. The number of amides is 1. The third-order valence-corrected chi connectivity index (χ3v) is 12.4. The van der Waals surface area contributed by atoms with E-state index in [0.29, 0.717) is 24.4 Å². The van der Waals surface area contributed by atoms with E-state index in [4.69, 9.17) is 15.3 Å². The summed E-state index contributed by atoms with van der Waals surface area (Å²) >= 11 is 0. The minimum atomic E-state index is -0.783. The number of benzene rings is 2. The number of rotatable bonds is 14. The first-order valence-corrected chi connectivity index (χ1v) is 19.4. The maximum absolute atomic E-state index is 14.3. The van der Waals surface area contributed by atoms with Crippen molar-refractivity contribution in [3.8, 4) is 16.9 Å². The highest BCUT2D eigenvalue weighted by Crippen LogP contribution is 2.44. The Balaban J connectivity index is 1.38. The van der Waals surface area contributed by atoms with Gasteiger partial charge in [-0.15, -0.1) is 0 Å². The topological polar surface area (TPSA) is 124 Å². The van der Waals surface area contributed by atoms with Crippen LogP contribution in [0.1, 0.15) is 84.3 Å². The Morgan fingerprint density at radius 3 is 2.65 bits per heavy atom. The van der Waals surface area contributed by atoms with E-state index in [1.54, 1.807) is 19.1 Å². The second-order valence-electron chi connectivity index (χ2n) is 16.4. The summed E-state index contributed by atoms with van der Waals surface area (Å²) in [6.45, 7) is 14.3. The number of nitrogens with zero attached hydrogens (tertiary/aromatic N) is 2. The maximum atomic E-state index is 14.3. The van der Waals surface area contributed by atoms with Gasteiger partial charge in [0.25, 0.3) is 0 Å². The molecule has 1 aliphatic carbocycles. The fourth-order valence-corrected chi connectivity index (χ4v) is 8.69. The molecule has 5 rings (SSSR count). The average Bonchev–Trinajstić information content (AvgIpc) is 3.49. The van der Waals surface area contributed by atoms with Crippen molar-refractivity contribution in [3.05, 3.63) is 47.5 Å². The molecule has 3 fully saturated rings. The Morgan fingerprint density at radius 2 is 1.98 bits per heavy atom. The maximum Gasteiger partial charge on any atom is 0.240 e. The van der Waals surface area contributed by atoms with Crippen LogP contribution in [0.3, 0.4) is 0 Å². The van der Waals surface area contributed by atoms with Crippen LogP contribution in [0.2, 0.25) is 0 Å². The monoisotopic (exact) mass is 707 g/mol. The first kappa shape index (κ1) is 39.5. The van der Waals surface area contributed by atoms with Crippen molar-refractivity contribution in [2.75, 3.05) is 45.7 Å². The van der Waals surface area contributed by atoms with Gasteiger partial charge in [-0.2, -0.15) is 5.06 Å². The van der Waals surface area contributed by atoms with Gasteiger partial charge in [-0.25, -0.2) is 0 Å². The normalized spacial score (nSPS) is 28.7. The van der Waals surface area contributed by atoms with Crippen LogP contribution in [0.5, 0.6) is 5.75 Å². The number of hydrogen-bond donors (Lipinski definition) is 5. The number of piperidine rings is 1. The number of hydrogen-bond acceptors (Lipinski definition) is 9. The highest BCUT2D eigenvalue weighted by Gasteiger charge is 2.50. The highest BCUT2D eigenvalue weighted by molar-refractivity contribution is 5.83. The molecule has 0 aromatic heterocycles. The number of para-hydroxylation sites is 1. The molecule has 2 saturated heterocycles. The summed E-state index contributed by atoms with van der Waals surface area (Å²) in [4.78, 5) is 22.8. The Labute approximate surface area is 307 Å². The van der Waals surface area contributed by atoms with E-state index in [-0.39, 0.29) is 23.9 Å². The van der Waals surface area contributed by atoms with Gasteiger partial charge in [0, 0.05) is 62.0 Å². The average molecular weight is 707 g/mol. The molecule has 0 spiro atoms. The molecule has 6 N–H and O–H groups in total. The van der Waals surface area contributed by atoms with Gasteiger partial charge in [0.05, 0.1) is 25.9 Å². The number of aliphatic hydroxyl groups excluding tert-OH is 1. The number of anilines is 1. The van der Waals surface area contributed by atoms with Gasteiger partial charge in [-0.3, -0.25) is 9.63 Å². The number of methoxy groups -OCH3 is 1. The lowest BCUT2D eigenvalue weighted by molar-refractivity contribution is -0.174. The second kappa shape index (κ2) is 17.4. The minimum absolute atomic E-state index is 0.0587. The van der Waals surface area contributed by atoms with E-state index >= 15 is 0 Å². The van der Waals surface area contributed by atoms with Crippen LogP contribution in [-0.2, 0) is 22.7 Å². The van der Waals surface area contributed by atoms with Gasteiger partial charge in [-0.1, -0.05) is 52.3 Å². The van der Waals surface area contributed by atoms with Crippen LogP contribution in [0.15, 0.2) is 36.4 Å². The van der Waals surface area contributed by atoms with Crippen LogP contribution in [0.4, 0.5) is 5.69 Å². The number of aliphatic hydroxyl groups is 1. The Hall–Kier alpha value is -2.73. The van der Waals surface area contributed by atoms with Crippen LogP contribution in [0, 0.1) is 23.2 Å². The molecule has 8 atom stereocenters. The van der Waals surface area contributed by atoms with Gasteiger partial charge < -0.3 is 36.4 Å². The molecule has 1 unspecified atom stereocenters. The van der Waals surface area contributed by atoms with E-state index in [0.717, 1.165) is 67.0 Å². The molecule has 0 radical (unpaired) electrons. The Morgan fingerprint density at radius 1 is 1.20 bits per heavy atom.